The highest BCUT2D eigenvalue weighted by Crippen LogP contribution is 2.45. The van der Waals surface area contributed by atoms with E-state index in [0.717, 1.165) is 13.1 Å². The molecule has 3 rings (SSSR count). The summed E-state index contributed by atoms with van der Waals surface area (Å²) in [5.41, 5.74) is -0.329. The van der Waals surface area contributed by atoms with E-state index in [9.17, 15) is 14.4 Å². The Hall–Kier alpha value is -2.79. The van der Waals surface area contributed by atoms with Gasteiger partial charge in [0.1, 0.15) is 12.0 Å². The third kappa shape index (κ3) is 3.51. The lowest BCUT2D eigenvalue weighted by atomic mass is 9.67. The van der Waals surface area contributed by atoms with Crippen molar-refractivity contribution in [2.75, 3.05) is 26.2 Å². The first-order chi connectivity index (χ1) is 14.0. The van der Waals surface area contributed by atoms with Gasteiger partial charge in [-0.1, -0.05) is 75.4 Å². The topological polar surface area (TPSA) is 63.7 Å². The Kier molecular flexibility index (Phi) is 6.28. The van der Waals surface area contributed by atoms with E-state index in [1.807, 2.05) is 19.9 Å². The predicted octanol–water partition coefficient (Wildman–Crippen LogP) is 3.52. The zero-order valence-electron chi connectivity index (χ0n) is 17.2. The summed E-state index contributed by atoms with van der Waals surface area (Å²) < 4.78 is 5.51. The van der Waals surface area contributed by atoms with Gasteiger partial charge in [-0.25, -0.2) is 0 Å². The molecule has 0 aromatic heterocycles. The predicted molar refractivity (Wildman–Crippen MR) is 111 cm³/mol. The van der Waals surface area contributed by atoms with Gasteiger partial charge in [-0.15, -0.1) is 0 Å². The van der Waals surface area contributed by atoms with E-state index in [1.54, 1.807) is 55.5 Å². The zero-order chi connectivity index (χ0) is 21.0. The van der Waals surface area contributed by atoms with Gasteiger partial charge in [-0.05, 0) is 18.7 Å². The molecule has 0 saturated heterocycles. The molecule has 0 bridgehead atoms. The highest BCUT2D eigenvalue weighted by molar-refractivity contribution is 6.34. The van der Waals surface area contributed by atoms with Crippen LogP contribution in [0.1, 0.15) is 47.1 Å². The molecule has 5 nitrogen and oxygen atoms in total. The Balaban J connectivity index is 1.95. The highest BCUT2D eigenvalue weighted by atomic mass is 16.5. The lowest BCUT2D eigenvalue weighted by molar-refractivity contribution is -0.149. The summed E-state index contributed by atoms with van der Waals surface area (Å²) in [7, 11) is 0. The minimum Gasteiger partial charge on any atom is -0.464 e. The molecule has 29 heavy (non-hydrogen) atoms. The van der Waals surface area contributed by atoms with Crippen LogP contribution < -0.4 is 0 Å². The maximum Gasteiger partial charge on any atom is 0.310 e. The average molecular weight is 393 g/mol. The number of ketones is 2. The SMILES string of the molecule is CCN(CC)CCOC(=O)C(C)C1(c2ccccc2)C(=O)c2ccccc2C1=O. The van der Waals surface area contributed by atoms with Crippen LogP contribution in [0, 0.1) is 5.92 Å². The van der Waals surface area contributed by atoms with Gasteiger partial charge in [0.05, 0.1) is 5.92 Å². The summed E-state index contributed by atoms with van der Waals surface area (Å²) in [6, 6.07) is 15.6. The second-order valence-corrected chi connectivity index (χ2v) is 7.29. The molecule has 0 fully saturated rings. The molecule has 1 aliphatic carbocycles. The number of Topliss-reactive ketones (excluding diaryl/α,β-unsaturated/α-hetero) is 2. The van der Waals surface area contributed by atoms with Crippen LogP contribution in [-0.4, -0.2) is 48.7 Å². The number of likely N-dealkylation sites (N-methyl/N-ethyl adjacent to an activating group) is 1. The second kappa shape index (κ2) is 8.70. The molecule has 5 heteroatoms. The van der Waals surface area contributed by atoms with Gasteiger partial charge in [0.25, 0.3) is 0 Å². The molecule has 0 heterocycles. The van der Waals surface area contributed by atoms with E-state index >= 15 is 0 Å². The Labute approximate surface area is 171 Å². The van der Waals surface area contributed by atoms with Crippen molar-refractivity contribution in [1.82, 2.24) is 4.90 Å². The van der Waals surface area contributed by atoms with Crippen LogP contribution in [0.15, 0.2) is 54.6 Å². The highest BCUT2D eigenvalue weighted by Gasteiger charge is 2.59. The molecule has 2 aromatic rings. The van der Waals surface area contributed by atoms with Crippen molar-refractivity contribution in [3.05, 3.63) is 71.3 Å². The van der Waals surface area contributed by atoms with Gasteiger partial charge < -0.3 is 9.64 Å². The van der Waals surface area contributed by atoms with Crippen molar-refractivity contribution < 1.29 is 19.1 Å². The number of hydrogen-bond acceptors (Lipinski definition) is 5. The molecule has 0 saturated carbocycles. The number of fused-ring (bicyclic) bond motifs is 1. The van der Waals surface area contributed by atoms with Gasteiger partial charge in [-0.3, -0.25) is 14.4 Å². The largest absolute Gasteiger partial charge is 0.464 e. The number of carbonyl (C=O) groups excluding carboxylic acids is 3. The third-order valence-electron chi connectivity index (χ3n) is 5.91. The van der Waals surface area contributed by atoms with Crippen molar-refractivity contribution in [1.29, 1.82) is 0 Å². The van der Waals surface area contributed by atoms with Crippen LogP contribution in [0.25, 0.3) is 0 Å². The average Bonchev–Trinajstić information content (AvgIpc) is 2.99. The van der Waals surface area contributed by atoms with Crippen LogP contribution in [0.5, 0.6) is 0 Å². The summed E-state index contributed by atoms with van der Waals surface area (Å²) >= 11 is 0. The number of nitrogens with zero attached hydrogens (tertiary/aromatic N) is 1. The van der Waals surface area contributed by atoms with E-state index in [-0.39, 0.29) is 18.2 Å². The molecule has 0 radical (unpaired) electrons. The standard InChI is InChI=1S/C24H27NO4/c1-4-25(5-2)15-16-29-23(28)17(3)24(18-11-7-6-8-12-18)21(26)19-13-9-10-14-20(19)22(24)27/h6-14,17H,4-5,15-16H2,1-3H3. The molecular weight excluding hydrogens is 366 g/mol. The summed E-state index contributed by atoms with van der Waals surface area (Å²) in [4.78, 5) is 42.1. The monoisotopic (exact) mass is 393 g/mol. The number of rotatable bonds is 8. The Morgan fingerprint density at radius 1 is 0.931 bits per heavy atom. The summed E-state index contributed by atoms with van der Waals surface area (Å²) in [5, 5.41) is 0. The lowest BCUT2D eigenvalue weighted by Crippen LogP contribution is -2.48. The van der Waals surface area contributed by atoms with E-state index in [0.29, 0.717) is 23.2 Å². The van der Waals surface area contributed by atoms with E-state index in [4.69, 9.17) is 4.74 Å². The number of carbonyl (C=O) groups is 3. The molecule has 2 aromatic carbocycles. The van der Waals surface area contributed by atoms with E-state index in [1.165, 1.54) is 0 Å². The van der Waals surface area contributed by atoms with Crippen molar-refractivity contribution in [2.45, 2.75) is 26.2 Å². The van der Waals surface area contributed by atoms with Crippen LogP contribution in [0.3, 0.4) is 0 Å². The summed E-state index contributed by atoms with van der Waals surface area (Å²) in [5.74, 6) is -2.14. The van der Waals surface area contributed by atoms with Crippen LogP contribution in [0.2, 0.25) is 0 Å². The zero-order valence-corrected chi connectivity index (χ0v) is 17.2. The van der Waals surface area contributed by atoms with Crippen LogP contribution >= 0.6 is 0 Å². The fourth-order valence-electron chi connectivity index (χ4n) is 4.13. The van der Waals surface area contributed by atoms with Crippen LogP contribution in [0.4, 0.5) is 0 Å². The number of ether oxygens (including phenoxy) is 1. The van der Waals surface area contributed by atoms with Crippen molar-refractivity contribution >= 4 is 17.5 Å². The van der Waals surface area contributed by atoms with Gasteiger partial charge in [-0.2, -0.15) is 0 Å². The molecule has 152 valence electrons. The molecule has 1 unspecified atom stereocenters. The van der Waals surface area contributed by atoms with Crippen LogP contribution in [-0.2, 0) is 14.9 Å². The third-order valence-corrected chi connectivity index (χ3v) is 5.91. The smallest absolute Gasteiger partial charge is 0.310 e. The quantitative estimate of drug-likeness (QED) is 0.507. The Morgan fingerprint density at radius 3 is 1.97 bits per heavy atom. The van der Waals surface area contributed by atoms with Gasteiger partial charge in [0.15, 0.2) is 11.6 Å². The molecule has 1 aliphatic rings. The van der Waals surface area contributed by atoms with Gasteiger partial charge in [0, 0.05) is 17.7 Å². The van der Waals surface area contributed by atoms with E-state index < -0.39 is 17.3 Å². The van der Waals surface area contributed by atoms with Gasteiger partial charge >= 0.3 is 5.97 Å². The minimum absolute atomic E-state index is 0.227. The molecule has 0 spiro atoms. The Morgan fingerprint density at radius 2 is 1.45 bits per heavy atom. The molecule has 0 N–H and O–H groups in total. The Bertz CT molecular complexity index is 867. The molecule has 1 atom stereocenters. The number of hydrogen-bond donors (Lipinski definition) is 0. The van der Waals surface area contributed by atoms with Crippen molar-refractivity contribution in [2.24, 2.45) is 5.92 Å². The first kappa shape index (κ1) is 20.9. The fraction of sp³-hybridized carbons (Fsp3) is 0.375. The first-order valence-corrected chi connectivity index (χ1v) is 10.1. The second-order valence-electron chi connectivity index (χ2n) is 7.29. The van der Waals surface area contributed by atoms with Gasteiger partial charge in [0.2, 0.25) is 0 Å². The number of esters is 1. The summed E-state index contributed by atoms with van der Waals surface area (Å²) in [6.07, 6.45) is 0. The van der Waals surface area contributed by atoms with Crippen molar-refractivity contribution in [3.63, 3.8) is 0 Å². The first-order valence-electron chi connectivity index (χ1n) is 10.1. The molecular formula is C24H27NO4. The molecule has 0 amide bonds. The fourth-order valence-corrected chi connectivity index (χ4v) is 4.13. The summed E-state index contributed by atoms with van der Waals surface area (Å²) in [6.45, 7) is 8.29. The minimum atomic E-state index is -1.59. The maximum atomic E-state index is 13.5. The van der Waals surface area contributed by atoms with E-state index in [2.05, 4.69) is 4.90 Å². The number of benzene rings is 2. The normalized spacial score (nSPS) is 16.0. The lowest BCUT2D eigenvalue weighted by Gasteiger charge is -2.31. The maximum absolute atomic E-state index is 13.5. The van der Waals surface area contributed by atoms with Crippen molar-refractivity contribution in [3.8, 4) is 0 Å². The molecule has 0 aliphatic heterocycles.